The van der Waals surface area contributed by atoms with Gasteiger partial charge in [-0.2, -0.15) is 0 Å². The van der Waals surface area contributed by atoms with Gasteiger partial charge >= 0.3 is 5.97 Å². The van der Waals surface area contributed by atoms with Crippen molar-refractivity contribution in [2.75, 3.05) is 0 Å². The van der Waals surface area contributed by atoms with Crippen molar-refractivity contribution >= 4 is 5.97 Å². The smallest absolute Gasteiger partial charge is 0.303 e. The fraction of sp³-hybridized carbons (Fsp3) is 0.364. The zero-order valence-corrected chi connectivity index (χ0v) is 8.30. The van der Waals surface area contributed by atoms with E-state index in [1.165, 1.54) is 6.07 Å². The van der Waals surface area contributed by atoms with E-state index in [0.29, 0.717) is 5.56 Å². The van der Waals surface area contributed by atoms with Gasteiger partial charge in [0.1, 0.15) is 5.82 Å². The molecule has 14 heavy (non-hydrogen) atoms. The highest BCUT2D eigenvalue weighted by molar-refractivity contribution is 5.67. The molecular formula is C11H13FO2. The lowest BCUT2D eigenvalue weighted by Gasteiger charge is -2.07. The normalized spacial score (nSPS) is 10.2. The first-order valence-corrected chi connectivity index (χ1v) is 4.48. The van der Waals surface area contributed by atoms with Crippen LogP contribution in [0.15, 0.2) is 12.1 Å². The molecule has 0 aromatic heterocycles. The average Bonchev–Trinajstić information content (AvgIpc) is 2.01. The summed E-state index contributed by atoms with van der Waals surface area (Å²) in [6, 6.07) is 3.30. The molecule has 0 atom stereocenters. The molecule has 0 radical (unpaired) electrons. The van der Waals surface area contributed by atoms with Crippen LogP contribution in [0.2, 0.25) is 0 Å². The Bertz CT molecular complexity index is 335. The van der Waals surface area contributed by atoms with Crippen molar-refractivity contribution in [1.82, 2.24) is 0 Å². The first-order valence-electron chi connectivity index (χ1n) is 4.48. The molecule has 3 heteroatoms. The largest absolute Gasteiger partial charge is 0.481 e. The van der Waals surface area contributed by atoms with E-state index in [4.69, 9.17) is 5.11 Å². The van der Waals surface area contributed by atoms with Gasteiger partial charge in [-0.3, -0.25) is 4.79 Å². The third kappa shape index (κ3) is 2.55. The van der Waals surface area contributed by atoms with Crippen LogP contribution in [0.1, 0.15) is 23.1 Å². The van der Waals surface area contributed by atoms with Crippen LogP contribution in [0.25, 0.3) is 0 Å². The molecule has 1 N–H and O–H groups in total. The molecule has 0 amide bonds. The van der Waals surface area contributed by atoms with Crippen LogP contribution in [0.4, 0.5) is 4.39 Å². The summed E-state index contributed by atoms with van der Waals surface area (Å²) in [6.45, 7) is 3.62. The highest BCUT2D eigenvalue weighted by atomic mass is 19.1. The monoisotopic (exact) mass is 196 g/mol. The predicted molar refractivity (Wildman–Crippen MR) is 51.8 cm³/mol. The molecule has 0 unspecified atom stereocenters. The predicted octanol–water partition coefficient (Wildman–Crippen LogP) is 2.46. The Morgan fingerprint density at radius 1 is 1.43 bits per heavy atom. The Morgan fingerprint density at radius 2 is 2.07 bits per heavy atom. The zero-order chi connectivity index (χ0) is 10.7. The van der Waals surface area contributed by atoms with E-state index in [0.717, 1.165) is 11.1 Å². The number of benzene rings is 1. The van der Waals surface area contributed by atoms with E-state index in [1.807, 2.05) is 13.0 Å². The van der Waals surface area contributed by atoms with Crippen LogP contribution in [0.5, 0.6) is 0 Å². The van der Waals surface area contributed by atoms with Gasteiger partial charge in [-0.05, 0) is 43.0 Å². The summed E-state index contributed by atoms with van der Waals surface area (Å²) in [6.07, 6.45) is 0.230. The van der Waals surface area contributed by atoms with Crippen LogP contribution < -0.4 is 0 Å². The number of hydrogen-bond donors (Lipinski definition) is 1. The fourth-order valence-corrected chi connectivity index (χ4v) is 1.49. The molecule has 0 saturated carbocycles. The van der Waals surface area contributed by atoms with Gasteiger partial charge in [0.2, 0.25) is 0 Å². The summed E-state index contributed by atoms with van der Waals surface area (Å²) in [5, 5.41) is 8.49. The van der Waals surface area contributed by atoms with Gasteiger partial charge in [0.15, 0.2) is 0 Å². The van der Waals surface area contributed by atoms with Gasteiger partial charge in [-0.15, -0.1) is 0 Å². The second kappa shape index (κ2) is 4.22. The molecule has 0 spiro atoms. The summed E-state index contributed by atoms with van der Waals surface area (Å²) >= 11 is 0. The van der Waals surface area contributed by atoms with Gasteiger partial charge in [0.05, 0.1) is 0 Å². The summed E-state index contributed by atoms with van der Waals surface area (Å²) in [5.74, 6) is -1.20. The zero-order valence-electron chi connectivity index (χ0n) is 8.30. The number of hydrogen-bond acceptors (Lipinski definition) is 1. The average molecular weight is 196 g/mol. The lowest BCUT2D eigenvalue weighted by atomic mass is 10.0. The Kier molecular flexibility index (Phi) is 3.23. The minimum absolute atomic E-state index is 0.0270. The third-order valence-corrected chi connectivity index (χ3v) is 2.15. The van der Waals surface area contributed by atoms with Crippen molar-refractivity contribution in [3.05, 3.63) is 34.6 Å². The third-order valence-electron chi connectivity index (χ3n) is 2.15. The van der Waals surface area contributed by atoms with Crippen molar-refractivity contribution in [3.8, 4) is 0 Å². The van der Waals surface area contributed by atoms with Crippen molar-refractivity contribution in [2.24, 2.45) is 0 Å². The molecule has 2 nitrogen and oxygen atoms in total. The molecule has 0 fully saturated rings. The SMILES string of the molecule is Cc1cc(C)c(CCC(=O)O)c(F)c1. The minimum atomic E-state index is -0.899. The molecule has 0 heterocycles. The van der Waals surface area contributed by atoms with Crippen molar-refractivity contribution in [1.29, 1.82) is 0 Å². The van der Waals surface area contributed by atoms with Crippen LogP contribution in [-0.2, 0) is 11.2 Å². The molecule has 1 aromatic carbocycles. The number of carboxylic acids is 1. The molecule has 0 saturated heterocycles. The Hall–Kier alpha value is -1.38. The van der Waals surface area contributed by atoms with Crippen LogP contribution in [-0.4, -0.2) is 11.1 Å². The number of aliphatic carboxylic acids is 1. The number of halogens is 1. The Labute approximate surface area is 82.4 Å². The summed E-state index contributed by atoms with van der Waals surface area (Å²) in [7, 11) is 0. The minimum Gasteiger partial charge on any atom is -0.481 e. The number of aryl methyl sites for hydroxylation is 2. The van der Waals surface area contributed by atoms with E-state index >= 15 is 0 Å². The van der Waals surface area contributed by atoms with Crippen LogP contribution >= 0.6 is 0 Å². The highest BCUT2D eigenvalue weighted by Gasteiger charge is 2.08. The molecule has 76 valence electrons. The maximum absolute atomic E-state index is 13.4. The van der Waals surface area contributed by atoms with Gasteiger partial charge < -0.3 is 5.11 Å². The van der Waals surface area contributed by atoms with E-state index in [1.54, 1.807) is 6.92 Å². The second-order valence-electron chi connectivity index (χ2n) is 3.44. The lowest BCUT2D eigenvalue weighted by molar-refractivity contribution is -0.136. The topological polar surface area (TPSA) is 37.3 Å². The Balaban J connectivity index is 2.91. The summed E-state index contributed by atoms with van der Waals surface area (Å²) in [4.78, 5) is 10.3. The lowest BCUT2D eigenvalue weighted by Crippen LogP contribution is -2.01. The summed E-state index contributed by atoms with van der Waals surface area (Å²) < 4.78 is 13.4. The highest BCUT2D eigenvalue weighted by Crippen LogP contribution is 2.17. The van der Waals surface area contributed by atoms with E-state index < -0.39 is 5.97 Å². The molecule has 1 rings (SSSR count). The number of carboxylic acid groups (broad SMARTS) is 1. The van der Waals surface area contributed by atoms with Crippen LogP contribution in [0.3, 0.4) is 0 Å². The van der Waals surface area contributed by atoms with E-state index in [2.05, 4.69) is 0 Å². The molecule has 0 bridgehead atoms. The van der Waals surface area contributed by atoms with Crippen LogP contribution in [0, 0.1) is 19.7 Å². The number of carbonyl (C=O) groups is 1. The molecular weight excluding hydrogens is 183 g/mol. The maximum atomic E-state index is 13.4. The molecule has 0 aliphatic heterocycles. The first kappa shape index (κ1) is 10.7. The van der Waals surface area contributed by atoms with Crippen molar-refractivity contribution in [3.63, 3.8) is 0 Å². The van der Waals surface area contributed by atoms with E-state index in [9.17, 15) is 9.18 Å². The van der Waals surface area contributed by atoms with Gasteiger partial charge in [-0.1, -0.05) is 6.07 Å². The maximum Gasteiger partial charge on any atom is 0.303 e. The van der Waals surface area contributed by atoms with E-state index in [-0.39, 0.29) is 18.7 Å². The molecule has 1 aromatic rings. The number of rotatable bonds is 3. The van der Waals surface area contributed by atoms with Crippen molar-refractivity contribution in [2.45, 2.75) is 26.7 Å². The Morgan fingerprint density at radius 3 is 2.57 bits per heavy atom. The molecule has 0 aliphatic carbocycles. The van der Waals surface area contributed by atoms with Gasteiger partial charge in [0, 0.05) is 6.42 Å². The van der Waals surface area contributed by atoms with Gasteiger partial charge in [-0.25, -0.2) is 4.39 Å². The first-order chi connectivity index (χ1) is 6.50. The fourth-order valence-electron chi connectivity index (χ4n) is 1.49. The van der Waals surface area contributed by atoms with Crippen molar-refractivity contribution < 1.29 is 14.3 Å². The standard InChI is InChI=1S/C11H13FO2/c1-7-5-8(2)9(10(12)6-7)3-4-11(13)14/h5-6H,3-4H2,1-2H3,(H,13,14). The second-order valence-corrected chi connectivity index (χ2v) is 3.44. The quantitative estimate of drug-likeness (QED) is 0.806. The summed E-state index contributed by atoms with van der Waals surface area (Å²) in [5.41, 5.74) is 2.20. The van der Waals surface area contributed by atoms with Gasteiger partial charge in [0.25, 0.3) is 0 Å². The molecule has 0 aliphatic rings.